The number of nitrogens with two attached hydrogens (primary N) is 1. The van der Waals surface area contributed by atoms with Crippen LogP contribution in [-0.2, 0) is 11.2 Å². The Labute approximate surface area is 109 Å². The molecule has 1 aromatic rings. The monoisotopic (exact) mass is 279 g/mol. The third-order valence-electron chi connectivity index (χ3n) is 2.29. The van der Waals surface area contributed by atoms with Crippen molar-refractivity contribution in [1.82, 2.24) is 0 Å². The highest BCUT2D eigenvalue weighted by Gasteiger charge is 2.28. The summed E-state index contributed by atoms with van der Waals surface area (Å²) in [5.74, 6) is 1.12. The molecule has 7 heteroatoms. The van der Waals surface area contributed by atoms with Crippen LogP contribution in [0.2, 0.25) is 0 Å². The summed E-state index contributed by atoms with van der Waals surface area (Å²) in [5.41, 5.74) is 6.25. The van der Waals surface area contributed by atoms with E-state index in [4.69, 9.17) is 15.2 Å². The summed E-state index contributed by atoms with van der Waals surface area (Å²) < 4.78 is 49.2. The van der Waals surface area contributed by atoms with Gasteiger partial charge in [-0.3, -0.25) is 4.74 Å². The van der Waals surface area contributed by atoms with E-state index < -0.39 is 13.0 Å². The lowest BCUT2D eigenvalue weighted by atomic mass is 10.1. The van der Waals surface area contributed by atoms with Crippen molar-refractivity contribution in [1.29, 1.82) is 0 Å². The molecule has 0 heterocycles. The zero-order chi connectivity index (χ0) is 14.3. The van der Waals surface area contributed by atoms with E-state index in [1.54, 1.807) is 18.2 Å². The van der Waals surface area contributed by atoms with Crippen LogP contribution in [0.3, 0.4) is 0 Å². The predicted molar refractivity (Wildman–Crippen MR) is 63.3 cm³/mol. The minimum atomic E-state index is -4.64. The van der Waals surface area contributed by atoms with Gasteiger partial charge in [0, 0.05) is 0 Å². The Hall–Kier alpha value is -1.47. The molecular weight excluding hydrogens is 263 g/mol. The average Bonchev–Trinajstić information content (AvgIpc) is 2.35. The Kier molecular flexibility index (Phi) is 5.91. The molecule has 0 saturated carbocycles. The van der Waals surface area contributed by atoms with Gasteiger partial charge in [0.2, 0.25) is 0 Å². The van der Waals surface area contributed by atoms with Crippen molar-refractivity contribution in [2.24, 2.45) is 5.73 Å². The molecule has 2 N–H and O–H groups in total. The molecule has 0 unspecified atom stereocenters. The van der Waals surface area contributed by atoms with Crippen molar-refractivity contribution < 1.29 is 27.4 Å². The van der Waals surface area contributed by atoms with Gasteiger partial charge in [-0.25, -0.2) is 0 Å². The summed E-state index contributed by atoms with van der Waals surface area (Å²) in [7, 11) is 1.53. The van der Waals surface area contributed by atoms with E-state index in [9.17, 15) is 13.2 Å². The first kappa shape index (κ1) is 15.6. The summed E-state index contributed by atoms with van der Waals surface area (Å²) in [6.07, 6.45) is -4.09. The van der Waals surface area contributed by atoms with Crippen LogP contribution in [0, 0.1) is 0 Å². The topological polar surface area (TPSA) is 53.7 Å². The van der Waals surface area contributed by atoms with Crippen molar-refractivity contribution in [2.75, 3.05) is 26.9 Å². The van der Waals surface area contributed by atoms with Crippen molar-refractivity contribution in [2.45, 2.75) is 12.8 Å². The average molecular weight is 279 g/mol. The molecule has 0 fully saturated rings. The van der Waals surface area contributed by atoms with Crippen molar-refractivity contribution in [3.8, 4) is 11.5 Å². The third-order valence-corrected chi connectivity index (χ3v) is 2.29. The number of ether oxygens (including phenoxy) is 3. The maximum absolute atomic E-state index is 11.8. The summed E-state index contributed by atoms with van der Waals surface area (Å²) in [6, 6.07) is 5.05. The normalized spacial score (nSPS) is 11.4. The molecule has 0 saturated heterocycles. The molecule has 0 amide bonds. The SMILES string of the molecule is COc1ccc(OCCOC(F)(F)F)c(CCN)c1. The minimum absolute atomic E-state index is 0.191. The zero-order valence-corrected chi connectivity index (χ0v) is 10.5. The molecule has 0 bridgehead atoms. The van der Waals surface area contributed by atoms with E-state index in [2.05, 4.69) is 4.74 Å². The van der Waals surface area contributed by atoms with Crippen LogP contribution in [0.5, 0.6) is 11.5 Å². The van der Waals surface area contributed by atoms with E-state index in [0.29, 0.717) is 24.5 Å². The summed E-state index contributed by atoms with van der Waals surface area (Å²) >= 11 is 0. The van der Waals surface area contributed by atoms with Crippen LogP contribution >= 0.6 is 0 Å². The fraction of sp³-hybridized carbons (Fsp3) is 0.500. The van der Waals surface area contributed by atoms with E-state index in [1.165, 1.54) is 7.11 Å². The number of halogens is 3. The second kappa shape index (κ2) is 7.20. The van der Waals surface area contributed by atoms with Gasteiger partial charge in [0.25, 0.3) is 0 Å². The van der Waals surface area contributed by atoms with Gasteiger partial charge in [-0.1, -0.05) is 0 Å². The van der Waals surface area contributed by atoms with Gasteiger partial charge >= 0.3 is 6.36 Å². The van der Waals surface area contributed by atoms with Crippen molar-refractivity contribution in [3.05, 3.63) is 23.8 Å². The summed E-state index contributed by atoms with van der Waals surface area (Å²) in [4.78, 5) is 0. The Morgan fingerprint density at radius 3 is 2.53 bits per heavy atom. The van der Waals surface area contributed by atoms with Crippen molar-refractivity contribution in [3.63, 3.8) is 0 Å². The van der Waals surface area contributed by atoms with E-state index in [0.717, 1.165) is 5.56 Å². The molecule has 4 nitrogen and oxygen atoms in total. The second-order valence-corrected chi connectivity index (χ2v) is 3.65. The first-order valence-electron chi connectivity index (χ1n) is 5.66. The van der Waals surface area contributed by atoms with Gasteiger partial charge in [0.05, 0.1) is 13.7 Å². The van der Waals surface area contributed by atoms with Crippen LogP contribution in [0.25, 0.3) is 0 Å². The third kappa shape index (κ3) is 5.80. The van der Waals surface area contributed by atoms with Gasteiger partial charge in [-0.15, -0.1) is 13.2 Å². The number of alkyl halides is 3. The largest absolute Gasteiger partial charge is 0.522 e. The molecule has 0 spiro atoms. The maximum Gasteiger partial charge on any atom is 0.522 e. The van der Waals surface area contributed by atoms with Crippen LogP contribution in [0.4, 0.5) is 13.2 Å². The lowest BCUT2D eigenvalue weighted by molar-refractivity contribution is -0.325. The van der Waals surface area contributed by atoms with Gasteiger partial charge in [-0.2, -0.15) is 0 Å². The van der Waals surface area contributed by atoms with Crippen LogP contribution in [0.15, 0.2) is 18.2 Å². The lowest BCUT2D eigenvalue weighted by Crippen LogP contribution is -2.18. The predicted octanol–water partition coefficient (Wildman–Crippen LogP) is 2.11. The van der Waals surface area contributed by atoms with Crippen molar-refractivity contribution >= 4 is 0 Å². The number of hydrogen-bond donors (Lipinski definition) is 1. The van der Waals surface area contributed by atoms with E-state index in [1.807, 2.05) is 0 Å². The van der Waals surface area contributed by atoms with E-state index in [-0.39, 0.29) is 6.61 Å². The Morgan fingerprint density at radius 2 is 1.95 bits per heavy atom. The van der Waals surface area contributed by atoms with E-state index >= 15 is 0 Å². The first-order valence-corrected chi connectivity index (χ1v) is 5.66. The molecule has 108 valence electrons. The molecule has 0 aliphatic heterocycles. The molecular formula is C12H16F3NO3. The molecule has 0 radical (unpaired) electrons. The van der Waals surface area contributed by atoms with Crippen LogP contribution in [0.1, 0.15) is 5.56 Å². The first-order chi connectivity index (χ1) is 8.96. The van der Waals surface area contributed by atoms with Gasteiger partial charge in [0.1, 0.15) is 18.1 Å². The minimum Gasteiger partial charge on any atom is -0.497 e. The molecule has 1 rings (SSSR count). The smallest absolute Gasteiger partial charge is 0.497 e. The molecule has 0 aliphatic carbocycles. The highest BCUT2D eigenvalue weighted by molar-refractivity contribution is 5.40. The molecule has 0 aliphatic rings. The summed E-state index contributed by atoms with van der Waals surface area (Å²) in [6.45, 7) is -0.344. The molecule has 0 aromatic heterocycles. The quantitative estimate of drug-likeness (QED) is 0.777. The highest BCUT2D eigenvalue weighted by atomic mass is 19.4. The lowest BCUT2D eigenvalue weighted by Gasteiger charge is -2.13. The fourth-order valence-electron chi connectivity index (χ4n) is 1.48. The Balaban J connectivity index is 2.56. The number of hydrogen-bond acceptors (Lipinski definition) is 4. The summed E-state index contributed by atoms with van der Waals surface area (Å²) in [5, 5.41) is 0. The number of methoxy groups -OCH3 is 1. The Bertz CT molecular complexity index is 396. The number of benzene rings is 1. The maximum atomic E-state index is 11.8. The van der Waals surface area contributed by atoms with Crippen LogP contribution in [-0.4, -0.2) is 33.2 Å². The zero-order valence-electron chi connectivity index (χ0n) is 10.5. The molecule has 0 atom stereocenters. The molecule has 1 aromatic carbocycles. The fourth-order valence-corrected chi connectivity index (χ4v) is 1.48. The van der Waals surface area contributed by atoms with Gasteiger partial charge in [0.15, 0.2) is 0 Å². The molecule has 19 heavy (non-hydrogen) atoms. The van der Waals surface area contributed by atoms with Gasteiger partial charge in [-0.05, 0) is 36.7 Å². The standard InChI is InChI=1S/C12H16F3NO3/c1-17-10-2-3-11(9(8-10)4-5-16)18-6-7-19-12(13,14)15/h2-3,8H,4-7,16H2,1H3. The highest BCUT2D eigenvalue weighted by Crippen LogP contribution is 2.24. The Morgan fingerprint density at radius 1 is 1.21 bits per heavy atom. The number of rotatable bonds is 7. The second-order valence-electron chi connectivity index (χ2n) is 3.65. The van der Waals surface area contributed by atoms with Gasteiger partial charge < -0.3 is 15.2 Å². The van der Waals surface area contributed by atoms with Crippen LogP contribution < -0.4 is 15.2 Å².